The standard InChI is InChI=1S/C22H30FN3O3/c1-21(2)19(29)26(4)20(24)25-22(21,3)16-11-14(7-8-17(16)23)9-13-5-6-15(10-13)12-18(27)28/h7-8,11,13,15H,5-6,9-10,12H2,1-4H3,(H2,24,25)(H,27,28)/t13?,15?,22-/m1/s1. The second-order valence-corrected chi connectivity index (χ2v) is 9.19. The zero-order valence-electron chi connectivity index (χ0n) is 17.5. The summed E-state index contributed by atoms with van der Waals surface area (Å²) in [5.41, 5.74) is 5.21. The average molecular weight is 403 g/mol. The maximum Gasteiger partial charge on any atom is 0.303 e. The lowest BCUT2D eigenvalue weighted by atomic mass is 9.67. The van der Waals surface area contributed by atoms with Gasteiger partial charge in [0, 0.05) is 19.0 Å². The molecule has 1 amide bonds. The van der Waals surface area contributed by atoms with Crippen LogP contribution < -0.4 is 5.73 Å². The fourth-order valence-corrected chi connectivity index (χ4v) is 4.77. The highest BCUT2D eigenvalue weighted by Crippen LogP contribution is 2.47. The van der Waals surface area contributed by atoms with Crippen molar-refractivity contribution >= 4 is 17.8 Å². The number of hydrogen-bond donors (Lipinski definition) is 2. The molecule has 158 valence electrons. The number of amides is 1. The average Bonchev–Trinajstić information content (AvgIpc) is 3.06. The maximum atomic E-state index is 14.9. The first-order chi connectivity index (χ1) is 13.5. The van der Waals surface area contributed by atoms with E-state index in [0.29, 0.717) is 11.5 Å². The molecule has 0 saturated heterocycles. The molecule has 3 atom stereocenters. The number of aliphatic carboxylic acids is 1. The molecular formula is C22H30FN3O3. The van der Waals surface area contributed by atoms with Crippen molar-refractivity contribution in [3.8, 4) is 0 Å². The number of aliphatic imine (C=N–C) groups is 1. The van der Waals surface area contributed by atoms with Crippen molar-refractivity contribution in [3.05, 3.63) is 35.1 Å². The van der Waals surface area contributed by atoms with Gasteiger partial charge in [-0.2, -0.15) is 0 Å². The van der Waals surface area contributed by atoms with Gasteiger partial charge in [0.1, 0.15) is 11.4 Å². The van der Waals surface area contributed by atoms with Crippen LogP contribution in [0, 0.1) is 23.1 Å². The van der Waals surface area contributed by atoms with E-state index in [-0.39, 0.29) is 24.2 Å². The van der Waals surface area contributed by atoms with Crippen molar-refractivity contribution in [1.82, 2.24) is 4.90 Å². The lowest BCUT2D eigenvalue weighted by molar-refractivity contribution is -0.140. The van der Waals surface area contributed by atoms with Gasteiger partial charge < -0.3 is 10.8 Å². The Hall–Kier alpha value is -2.44. The predicted molar refractivity (Wildman–Crippen MR) is 109 cm³/mol. The molecule has 1 saturated carbocycles. The molecule has 3 N–H and O–H groups in total. The van der Waals surface area contributed by atoms with Crippen LogP contribution in [0.2, 0.25) is 0 Å². The maximum absolute atomic E-state index is 14.9. The van der Waals surface area contributed by atoms with Crippen LogP contribution in [0.25, 0.3) is 0 Å². The molecule has 1 aromatic rings. The lowest BCUT2D eigenvalue weighted by Gasteiger charge is -2.46. The third kappa shape index (κ3) is 3.74. The van der Waals surface area contributed by atoms with Crippen molar-refractivity contribution < 1.29 is 19.1 Å². The van der Waals surface area contributed by atoms with Crippen LogP contribution in [-0.2, 0) is 21.5 Å². The van der Waals surface area contributed by atoms with Gasteiger partial charge in [0.25, 0.3) is 0 Å². The van der Waals surface area contributed by atoms with Crippen molar-refractivity contribution in [2.75, 3.05) is 7.05 Å². The number of hydrogen-bond acceptors (Lipinski definition) is 4. The van der Waals surface area contributed by atoms with Crippen LogP contribution >= 0.6 is 0 Å². The Morgan fingerprint density at radius 2 is 1.97 bits per heavy atom. The molecule has 0 spiro atoms. The summed E-state index contributed by atoms with van der Waals surface area (Å²) in [6.07, 6.45) is 3.73. The summed E-state index contributed by atoms with van der Waals surface area (Å²) in [6, 6.07) is 5.00. The smallest absolute Gasteiger partial charge is 0.303 e. The zero-order chi connectivity index (χ0) is 21.6. The van der Waals surface area contributed by atoms with Crippen molar-refractivity contribution in [1.29, 1.82) is 0 Å². The number of carbonyl (C=O) groups is 2. The Morgan fingerprint density at radius 3 is 2.62 bits per heavy atom. The Morgan fingerprint density at radius 1 is 1.31 bits per heavy atom. The molecule has 0 bridgehead atoms. The number of nitrogens with two attached hydrogens (primary N) is 1. The SMILES string of the molecule is CN1C(=O)C(C)(C)[C@@](C)(c2cc(CC3CCC(CC(=O)O)C3)ccc2F)N=C1N. The van der Waals surface area contributed by atoms with Crippen LogP contribution in [0.5, 0.6) is 0 Å². The molecule has 0 aromatic heterocycles. The molecule has 2 aliphatic rings. The van der Waals surface area contributed by atoms with Gasteiger partial charge in [0.05, 0.1) is 5.41 Å². The third-order valence-electron chi connectivity index (χ3n) is 6.93. The number of carboxylic acid groups (broad SMARTS) is 1. The summed E-state index contributed by atoms with van der Waals surface area (Å²) in [4.78, 5) is 29.6. The molecule has 1 aliphatic heterocycles. The number of halogens is 1. The van der Waals surface area contributed by atoms with Gasteiger partial charge in [-0.1, -0.05) is 12.1 Å². The zero-order valence-corrected chi connectivity index (χ0v) is 17.5. The van der Waals surface area contributed by atoms with E-state index in [1.54, 1.807) is 40.0 Å². The first-order valence-corrected chi connectivity index (χ1v) is 10.1. The number of guanidine groups is 1. The molecule has 7 heteroatoms. The second-order valence-electron chi connectivity index (χ2n) is 9.19. The van der Waals surface area contributed by atoms with Gasteiger partial charge in [0.2, 0.25) is 5.91 Å². The summed E-state index contributed by atoms with van der Waals surface area (Å²) in [5, 5.41) is 9.00. The van der Waals surface area contributed by atoms with E-state index in [4.69, 9.17) is 10.8 Å². The number of carboxylic acids is 1. The molecule has 1 aromatic carbocycles. The molecular weight excluding hydrogens is 373 g/mol. The van der Waals surface area contributed by atoms with Crippen LogP contribution in [0.3, 0.4) is 0 Å². The molecule has 6 nitrogen and oxygen atoms in total. The van der Waals surface area contributed by atoms with Gasteiger partial charge >= 0.3 is 5.97 Å². The van der Waals surface area contributed by atoms with E-state index in [1.165, 1.54) is 11.0 Å². The van der Waals surface area contributed by atoms with E-state index in [9.17, 15) is 14.0 Å². The molecule has 0 radical (unpaired) electrons. The highest BCUT2D eigenvalue weighted by Gasteiger charge is 2.53. The summed E-state index contributed by atoms with van der Waals surface area (Å²) in [7, 11) is 1.57. The molecule has 1 heterocycles. The second kappa shape index (κ2) is 7.43. The summed E-state index contributed by atoms with van der Waals surface area (Å²) in [6.45, 7) is 5.29. The van der Waals surface area contributed by atoms with E-state index in [2.05, 4.69) is 4.99 Å². The number of rotatable bonds is 5. The Kier molecular flexibility index (Phi) is 5.45. The normalized spacial score (nSPS) is 29.1. The lowest BCUT2D eigenvalue weighted by Crippen LogP contribution is -2.58. The Balaban J connectivity index is 1.90. The van der Waals surface area contributed by atoms with Crippen LogP contribution in [0.1, 0.15) is 57.6 Å². The van der Waals surface area contributed by atoms with E-state index in [0.717, 1.165) is 31.2 Å². The number of carbonyl (C=O) groups excluding carboxylic acids is 1. The summed E-state index contributed by atoms with van der Waals surface area (Å²) < 4.78 is 14.9. The van der Waals surface area contributed by atoms with E-state index >= 15 is 0 Å². The minimum absolute atomic E-state index is 0.0777. The van der Waals surface area contributed by atoms with E-state index in [1.807, 2.05) is 0 Å². The highest BCUT2D eigenvalue weighted by atomic mass is 19.1. The predicted octanol–water partition coefficient (Wildman–Crippen LogP) is 3.29. The Labute approximate surface area is 171 Å². The Bertz CT molecular complexity index is 867. The highest BCUT2D eigenvalue weighted by molar-refractivity contribution is 6.01. The largest absolute Gasteiger partial charge is 0.481 e. The van der Waals surface area contributed by atoms with Gasteiger partial charge in [-0.3, -0.25) is 14.5 Å². The fourth-order valence-electron chi connectivity index (χ4n) is 4.77. The molecule has 1 fully saturated rings. The first-order valence-electron chi connectivity index (χ1n) is 10.1. The van der Waals surface area contributed by atoms with Gasteiger partial charge in [-0.05, 0) is 69.9 Å². The molecule has 2 unspecified atom stereocenters. The number of nitrogens with zero attached hydrogens (tertiary/aromatic N) is 2. The van der Waals surface area contributed by atoms with Crippen molar-refractivity contribution in [2.45, 2.75) is 58.4 Å². The van der Waals surface area contributed by atoms with E-state index < -0.39 is 22.7 Å². The monoisotopic (exact) mass is 403 g/mol. The molecule has 29 heavy (non-hydrogen) atoms. The first kappa shape index (κ1) is 21.3. The summed E-state index contributed by atoms with van der Waals surface area (Å²) in [5.74, 6) is -0.694. The topological polar surface area (TPSA) is 96.0 Å². The quantitative estimate of drug-likeness (QED) is 0.788. The number of benzene rings is 1. The summed E-state index contributed by atoms with van der Waals surface area (Å²) >= 11 is 0. The van der Waals surface area contributed by atoms with Crippen molar-refractivity contribution in [3.63, 3.8) is 0 Å². The van der Waals surface area contributed by atoms with Gasteiger partial charge in [-0.25, -0.2) is 9.38 Å². The third-order valence-corrected chi connectivity index (χ3v) is 6.93. The van der Waals surface area contributed by atoms with Crippen LogP contribution in [0.15, 0.2) is 23.2 Å². The van der Waals surface area contributed by atoms with Gasteiger partial charge in [0.15, 0.2) is 5.96 Å². The minimum Gasteiger partial charge on any atom is -0.481 e. The van der Waals surface area contributed by atoms with Crippen LogP contribution in [-0.4, -0.2) is 34.9 Å². The fraction of sp³-hybridized carbons (Fsp3) is 0.591. The van der Waals surface area contributed by atoms with Crippen LogP contribution in [0.4, 0.5) is 4.39 Å². The van der Waals surface area contributed by atoms with Crippen molar-refractivity contribution in [2.24, 2.45) is 28.0 Å². The molecule has 3 rings (SSSR count). The van der Waals surface area contributed by atoms with Gasteiger partial charge in [-0.15, -0.1) is 0 Å². The molecule has 1 aliphatic carbocycles. The minimum atomic E-state index is -1.12.